The van der Waals surface area contributed by atoms with E-state index >= 15 is 0 Å². The summed E-state index contributed by atoms with van der Waals surface area (Å²) in [6, 6.07) is 12.7. The van der Waals surface area contributed by atoms with Crippen molar-refractivity contribution < 1.29 is 9.53 Å². The minimum absolute atomic E-state index is 0.0559. The molecule has 0 saturated heterocycles. The van der Waals surface area contributed by atoms with Gasteiger partial charge in [0, 0.05) is 17.5 Å². The molecule has 22 heavy (non-hydrogen) atoms. The van der Waals surface area contributed by atoms with Crippen molar-refractivity contribution in [1.82, 2.24) is 5.32 Å². The van der Waals surface area contributed by atoms with Crippen LogP contribution in [-0.2, 0) is 4.74 Å². The van der Waals surface area contributed by atoms with E-state index in [4.69, 9.17) is 4.74 Å². The van der Waals surface area contributed by atoms with Crippen LogP contribution in [0, 0.1) is 0 Å². The molecule has 1 saturated carbocycles. The van der Waals surface area contributed by atoms with Crippen LogP contribution in [0.3, 0.4) is 0 Å². The maximum Gasteiger partial charge on any atom is 0.261 e. The van der Waals surface area contributed by atoms with Gasteiger partial charge in [-0.15, -0.1) is 11.3 Å². The van der Waals surface area contributed by atoms with E-state index in [0.29, 0.717) is 12.6 Å². The van der Waals surface area contributed by atoms with E-state index < -0.39 is 0 Å². The number of carbonyl (C=O) groups is 1. The van der Waals surface area contributed by atoms with Gasteiger partial charge in [0.05, 0.1) is 11.0 Å². The van der Waals surface area contributed by atoms with E-state index in [1.54, 1.807) is 11.3 Å². The molecule has 116 valence electrons. The van der Waals surface area contributed by atoms with Crippen molar-refractivity contribution in [3.8, 4) is 10.4 Å². The van der Waals surface area contributed by atoms with Crippen molar-refractivity contribution in [2.24, 2.45) is 0 Å². The Hall–Kier alpha value is -1.65. The number of nitrogens with one attached hydrogen (secondary N) is 1. The Balaban J connectivity index is 1.71. The first kappa shape index (κ1) is 15.3. The van der Waals surface area contributed by atoms with Gasteiger partial charge in [-0.25, -0.2) is 0 Å². The summed E-state index contributed by atoms with van der Waals surface area (Å²) in [5.41, 5.74) is 2.32. The maximum absolute atomic E-state index is 12.0. The average Bonchev–Trinajstić information content (AvgIpc) is 3.20. The number of benzene rings is 1. The molecule has 3 nitrogen and oxygen atoms in total. The Morgan fingerprint density at radius 3 is 2.64 bits per heavy atom. The van der Waals surface area contributed by atoms with Crippen LogP contribution in [0.15, 0.2) is 36.4 Å². The van der Waals surface area contributed by atoms with Crippen LogP contribution in [0.4, 0.5) is 0 Å². The quantitative estimate of drug-likeness (QED) is 0.857. The lowest BCUT2D eigenvalue weighted by atomic mass is 10.1. The SMILES string of the molecule is CCO[C@@H](C)c1ccc(-c2ccc(C(=O)NC3CC3)s2)cc1. The average molecular weight is 315 g/mol. The Bertz CT molecular complexity index is 643. The highest BCUT2D eigenvalue weighted by Gasteiger charge is 2.24. The number of thiophene rings is 1. The van der Waals surface area contributed by atoms with Gasteiger partial charge in [0.15, 0.2) is 0 Å². The van der Waals surface area contributed by atoms with Crippen LogP contribution in [0.1, 0.15) is 48.0 Å². The fraction of sp³-hybridized carbons (Fsp3) is 0.389. The lowest BCUT2D eigenvalue weighted by molar-refractivity contribution is 0.0764. The summed E-state index contributed by atoms with van der Waals surface area (Å²) in [5, 5.41) is 3.03. The first-order valence-electron chi connectivity index (χ1n) is 7.80. The molecular formula is C18H21NO2S. The van der Waals surface area contributed by atoms with Crippen molar-refractivity contribution >= 4 is 17.2 Å². The summed E-state index contributed by atoms with van der Waals surface area (Å²) in [5.74, 6) is 0.0559. The van der Waals surface area contributed by atoms with Gasteiger partial charge >= 0.3 is 0 Å². The molecule has 1 amide bonds. The first-order chi connectivity index (χ1) is 10.7. The lowest BCUT2D eigenvalue weighted by Crippen LogP contribution is -2.24. The Labute approximate surface area is 135 Å². The summed E-state index contributed by atoms with van der Waals surface area (Å²) in [4.78, 5) is 13.9. The van der Waals surface area contributed by atoms with Crippen LogP contribution in [0.25, 0.3) is 10.4 Å². The summed E-state index contributed by atoms with van der Waals surface area (Å²) in [6.07, 6.45) is 2.34. The van der Waals surface area contributed by atoms with E-state index in [2.05, 4.69) is 36.5 Å². The maximum atomic E-state index is 12.0. The van der Waals surface area contributed by atoms with Crippen molar-refractivity contribution in [2.75, 3.05) is 6.61 Å². The number of rotatable bonds is 6. The molecule has 0 bridgehead atoms. The second-order valence-corrected chi connectivity index (χ2v) is 6.71. The molecular weight excluding hydrogens is 294 g/mol. The van der Waals surface area contributed by atoms with E-state index in [1.165, 1.54) is 5.56 Å². The lowest BCUT2D eigenvalue weighted by Gasteiger charge is -2.12. The number of carbonyl (C=O) groups excluding carboxylic acids is 1. The molecule has 1 heterocycles. The molecule has 0 aliphatic heterocycles. The number of hydrogen-bond acceptors (Lipinski definition) is 3. The smallest absolute Gasteiger partial charge is 0.261 e. The van der Waals surface area contributed by atoms with Gasteiger partial charge in [-0.2, -0.15) is 0 Å². The minimum atomic E-state index is 0.0559. The second-order valence-electron chi connectivity index (χ2n) is 5.63. The topological polar surface area (TPSA) is 38.3 Å². The molecule has 1 atom stereocenters. The van der Waals surface area contributed by atoms with Gasteiger partial charge in [-0.1, -0.05) is 24.3 Å². The van der Waals surface area contributed by atoms with Gasteiger partial charge < -0.3 is 10.1 Å². The molecule has 4 heteroatoms. The summed E-state index contributed by atoms with van der Waals surface area (Å²) < 4.78 is 5.60. The third kappa shape index (κ3) is 3.57. The Morgan fingerprint density at radius 1 is 1.27 bits per heavy atom. The van der Waals surface area contributed by atoms with Crippen LogP contribution in [0.2, 0.25) is 0 Å². The monoisotopic (exact) mass is 315 g/mol. The largest absolute Gasteiger partial charge is 0.374 e. The highest BCUT2D eigenvalue weighted by Crippen LogP contribution is 2.30. The van der Waals surface area contributed by atoms with E-state index in [9.17, 15) is 4.79 Å². The molecule has 3 rings (SSSR count). The van der Waals surface area contributed by atoms with Crippen molar-refractivity contribution in [1.29, 1.82) is 0 Å². The third-order valence-electron chi connectivity index (χ3n) is 3.82. The number of amides is 1. The van der Waals surface area contributed by atoms with Crippen molar-refractivity contribution in [2.45, 2.75) is 38.8 Å². The number of hydrogen-bond donors (Lipinski definition) is 1. The molecule has 1 aliphatic carbocycles. The Kier molecular flexibility index (Phi) is 4.60. The molecule has 0 unspecified atom stereocenters. The van der Waals surface area contributed by atoms with Gasteiger partial charge in [0.2, 0.25) is 0 Å². The normalized spacial score (nSPS) is 15.5. The summed E-state index contributed by atoms with van der Waals surface area (Å²) >= 11 is 1.55. The van der Waals surface area contributed by atoms with Gasteiger partial charge in [0.25, 0.3) is 5.91 Å². The Morgan fingerprint density at radius 2 is 2.00 bits per heavy atom. The molecule has 1 fully saturated rings. The third-order valence-corrected chi connectivity index (χ3v) is 4.96. The molecule has 0 spiro atoms. The fourth-order valence-corrected chi connectivity index (χ4v) is 3.28. The van der Waals surface area contributed by atoms with E-state index in [1.807, 2.05) is 19.1 Å². The van der Waals surface area contributed by atoms with Gasteiger partial charge in [-0.05, 0) is 49.9 Å². The second kappa shape index (κ2) is 6.63. The van der Waals surface area contributed by atoms with Crippen LogP contribution >= 0.6 is 11.3 Å². The van der Waals surface area contributed by atoms with Crippen molar-refractivity contribution in [3.63, 3.8) is 0 Å². The molecule has 1 aliphatic rings. The fourth-order valence-electron chi connectivity index (χ4n) is 2.36. The van der Waals surface area contributed by atoms with E-state index in [0.717, 1.165) is 28.2 Å². The zero-order chi connectivity index (χ0) is 15.5. The van der Waals surface area contributed by atoms with Crippen molar-refractivity contribution in [3.05, 3.63) is 46.8 Å². The van der Waals surface area contributed by atoms with E-state index in [-0.39, 0.29) is 12.0 Å². The molecule has 1 aromatic carbocycles. The molecule has 1 N–H and O–H groups in total. The van der Waals surface area contributed by atoms with Crippen LogP contribution in [-0.4, -0.2) is 18.6 Å². The zero-order valence-corrected chi connectivity index (χ0v) is 13.8. The van der Waals surface area contributed by atoms with Gasteiger partial charge in [0.1, 0.15) is 0 Å². The standard InChI is InChI=1S/C18H21NO2S/c1-3-21-12(2)13-4-6-14(7-5-13)16-10-11-17(22-16)18(20)19-15-8-9-15/h4-7,10-12,15H,3,8-9H2,1-2H3,(H,19,20)/t12-/m0/s1. The first-order valence-corrected chi connectivity index (χ1v) is 8.61. The highest BCUT2D eigenvalue weighted by atomic mass is 32.1. The minimum Gasteiger partial charge on any atom is -0.374 e. The summed E-state index contributed by atoms with van der Waals surface area (Å²) in [7, 11) is 0. The highest BCUT2D eigenvalue weighted by molar-refractivity contribution is 7.17. The molecule has 0 radical (unpaired) electrons. The molecule has 1 aromatic heterocycles. The predicted octanol–water partition coefficient (Wildman–Crippen LogP) is 4.40. The molecule has 2 aromatic rings. The van der Waals surface area contributed by atoms with Crippen LogP contribution < -0.4 is 5.32 Å². The predicted molar refractivity (Wildman–Crippen MR) is 90.3 cm³/mol. The summed E-state index contributed by atoms with van der Waals surface area (Å²) in [6.45, 7) is 4.78. The zero-order valence-electron chi connectivity index (χ0n) is 13.0. The number of ether oxygens (including phenoxy) is 1. The van der Waals surface area contributed by atoms with Crippen LogP contribution in [0.5, 0.6) is 0 Å². The van der Waals surface area contributed by atoms with Gasteiger partial charge in [-0.3, -0.25) is 4.79 Å².